The Hall–Kier alpha value is -1.48. The molecule has 0 unspecified atom stereocenters. The van der Waals surface area contributed by atoms with Gasteiger partial charge in [-0.2, -0.15) is 0 Å². The highest BCUT2D eigenvalue weighted by atomic mass is 16.6. The molecule has 2 aliphatic rings. The molecule has 1 aliphatic carbocycles. The van der Waals surface area contributed by atoms with Gasteiger partial charge in [0.25, 0.3) is 0 Å². The summed E-state index contributed by atoms with van der Waals surface area (Å²) >= 11 is 0. The zero-order valence-corrected chi connectivity index (χ0v) is 13.6. The van der Waals surface area contributed by atoms with E-state index in [0.29, 0.717) is 6.10 Å². The van der Waals surface area contributed by atoms with Gasteiger partial charge in [0.1, 0.15) is 17.3 Å². The molecule has 3 heteroatoms. The monoisotopic (exact) mass is 302 g/mol. The van der Waals surface area contributed by atoms with Crippen LogP contribution in [0.4, 0.5) is 0 Å². The van der Waals surface area contributed by atoms with E-state index in [1.807, 2.05) is 24.3 Å². The second-order valence-electron chi connectivity index (χ2n) is 6.23. The molecule has 22 heavy (non-hydrogen) atoms. The zero-order chi connectivity index (χ0) is 15.4. The second kappa shape index (κ2) is 6.74. The van der Waals surface area contributed by atoms with Crippen LogP contribution in [0.3, 0.4) is 0 Å². The third kappa shape index (κ3) is 3.14. The molecule has 0 radical (unpaired) electrons. The van der Waals surface area contributed by atoms with Crippen molar-refractivity contribution in [3.05, 3.63) is 36.1 Å². The van der Waals surface area contributed by atoms with Gasteiger partial charge in [0, 0.05) is 0 Å². The maximum absolute atomic E-state index is 6.23. The number of ether oxygens (including phenoxy) is 3. The summed E-state index contributed by atoms with van der Waals surface area (Å²) in [6.07, 6.45) is 10.8. The van der Waals surface area contributed by atoms with E-state index >= 15 is 0 Å². The minimum Gasteiger partial charge on any atom is -0.497 e. The van der Waals surface area contributed by atoms with Gasteiger partial charge in [0.05, 0.1) is 13.2 Å². The highest BCUT2D eigenvalue weighted by Crippen LogP contribution is 2.52. The Bertz CT molecular complexity index is 520. The Labute approximate surface area is 133 Å². The first kappa shape index (κ1) is 15.4. The van der Waals surface area contributed by atoms with Crippen molar-refractivity contribution < 1.29 is 14.2 Å². The smallest absolute Gasteiger partial charge is 0.152 e. The van der Waals surface area contributed by atoms with E-state index in [1.54, 1.807) is 7.11 Å². The molecule has 1 saturated heterocycles. The Balaban J connectivity index is 1.75. The fraction of sp³-hybridized carbons (Fsp3) is 0.579. The quantitative estimate of drug-likeness (QED) is 0.409. The lowest BCUT2D eigenvalue weighted by atomic mass is 9.87. The van der Waals surface area contributed by atoms with Crippen molar-refractivity contribution in [1.29, 1.82) is 0 Å². The van der Waals surface area contributed by atoms with Gasteiger partial charge in [-0.3, -0.25) is 0 Å². The normalized spacial score (nSPS) is 27.2. The number of unbranched alkanes of at least 4 members (excludes halogenated alkanes) is 2. The van der Waals surface area contributed by atoms with Gasteiger partial charge < -0.3 is 14.2 Å². The van der Waals surface area contributed by atoms with E-state index in [-0.39, 0.29) is 5.60 Å². The van der Waals surface area contributed by atoms with Gasteiger partial charge >= 0.3 is 0 Å². The molecule has 3 nitrogen and oxygen atoms in total. The van der Waals surface area contributed by atoms with Gasteiger partial charge in [0.15, 0.2) is 5.60 Å². The molecule has 0 N–H and O–H groups in total. The standard InChI is InChI=1S/C19H26O3/c1-3-4-5-8-17(19-14-7-6-9-18(19)22-19)21-16-12-10-15(20-2)11-13-16/h8,10-13,18H,3-7,9,14H2,1-2H3/b17-8-/t18-,19-/m1/s1. The van der Waals surface area contributed by atoms with E-state index in [1.165, 1.54) is 25.7 Å². The van der Waals surface area contributed by atoms with E-state index in [0.717, 1.165) is 36.5 Å². The number of methoxy groups -OCH3 is 1. The third-order valence-corrected chi connectivity index (χ3v) is 4.67. The predicted molar refractivity (Wildman–Crippen MR) is 87.3 cm³/mol. The van der Waals surface area contributed by atoms with Gasteiger partial charge in [-0.15, -0.1) is 0 Å². The second-order valence-corrected chi connectivity index (χ2v) is 6.23. The number of fused-ring (bicyclic) bond motifs is 1. The summed E-state index contributed by atoms with van der Waals surface area (Å²) in [6, 6.07) is 7.79. The Morgan fingerprint density at radius 2 is 2.05 bits per heavy atom. The van der Waals surface area contributed by atoms with Crippen LogP contribution in [0.1, 0.15) is 51.9 Å². The maximum Gasteiger partial charge on any atom is 0.152 e. The molecule has 1 heterocycles. The third-order valence-electron chi connectivity index (χ3n) is 4.67. The minimum atomic E-state index is -0.133. The van der Waals surface area contributed by atoms with Crippen LogP contribution in [-0.4, -0.2) is 18.8 Å². The zero-order valence-electron chi connectivity index (χ0n) is 13.6. The van der Waals surface area contributed by atoms with Gasteiger partial charge in [-0.25, -0.2) is 0 Å². The highest BCUT2D eigenvalue weighted by molar-refractivity contribution is 5.35. The molecule has 2 atom stereocenters. The topological polar surface area (TPSA) is 31.0 Å². The fourth-order valence-electron chi connectivity index (χ4n) is 3.30. The minimum absolute atomic E-state index is 0.133. The highest BCUT2D eigenvalue weighted by Gasteiger charge is 2.61. The first-order valence-corrected chi connectivity index (χ1v) is 8.49. The maximum atomic E-state index is 6.23. The molecule has 1 aromatic rings. The molecular formula is C19H26O3. The number of allylic oxidation sites excluding steroid dienone is 1. The lowest BCUT2D eigenvalue weighted by Gasteiger charge is -2.21. The van der Waals surface area contributed by atoms with Crippen LogP contribution in [0.5, 0.6) is 11.5 Å². The molecule has 1 saturated carbocycles. The molecule has 3 rings (SSSR count). The van der Waals surface area contributed by atoms with E-state index in [2.05, 4.69) is 13.0 Å². The summed E-state index contributed by atoms with van der Waals surface area (Å²) < 4.78 is 17.5. The average molecular weight is 302 g/mol. The largest absolute Gasteiger partial charge is 0.497 e. The number of hydrogen-bond donors (Lipinski definition) is 0. The van der Waals surface area contributed by atoms with Gasteiger partial charge in [-0.1, -0.05) is 19.8 Å². The van der Waals surface area contributed by atoms with Crippen molar-refractivity contribution in [2.75, 3.05) is 7.11 Å². The van der Waals surface area contributed by atoms with Crippen LogP contribution in [0.25, 0.3) is 0 Å². The summed E-state index contributed by atoms with van der Waals surface area (Å²) in [5.74, 6) is 2.73. The first-order valence-electron chi connectivity index (χ1n) is 8.49. The van der Waals surface area contributed by atoms with Crippen molar-refractivity contribution in [3.63, 3.8) is 0 Å². The Kier molecular flexibility index (Phi) is 4.72. The van der Waals surface area contributed by atoms with E-state index < -0.39 is 0 Å². The van der Waals surface area contributed by atoms with Crippen LogP contribution < -0.4 is 9.47 Å². The molecule has 0 amide bonds. The number of benzene rings is 1. The van der Waals surface area contributed by atoms with Crippen LogP contribution in [0.2, 0.25) is 0 Å². The summed E-state index contributed by atoms with van der Waals surface area (Å²) in [7, 11) is 1.68. The van der Waals surface area contributed by atoms with Crippen LogP contribution in [-0.2, 0) is 4.74 Å². The molecule has 1 aliphatic heterocycles. The van der Waals surface area contributed by atoms with Crippen LogP contribution in [0, 0.1) is 0 Å². The average Bonchev–Trinajstić information content (AvgIpc) is 3.30. The van der Waals surface area contributed by atoms with E-state index in [4.69, 9.17) is 14.2 Å². The fourth-order valence-corrected chi connectivity index (χ4v) is 3.30. The van der Waals surface area contributed by atoms with Crippen molar-refractivity contribution in [2.45, 2.75) is 63.6 Å². The van der Waals surface area contributed by atoms with E-state index in [9.17, 15) is 0 Å². The van der Waals surface area contributed by atoms with Crippen molar-refractivity contribution in [3.8, 4) is 11.5 Å². The summed E-state index contributed by atoms with van der Waals surface area (Å²) in [5, 5.41) is 0. The summed E-state index contributed by atoms with van der Waals surface area (Å²) in [6.45, 7) is 2.22. The molecule has 0 spiro atoms. The molecule has 0 bridgehead atoms. The predicted octanol–water partition coefficient (Wildman–Crippen LogP) is 4.86. The van der Waals surface area contributed by atoms with Gasteiger partial charge in [0.2, 0.25) is 0 Å². The molecule has 1 aromatic carbocycles. The molecule has 0 aromatic heterocycles. The molecule has 2 fully saturated rings. The van der Waals surface area contributed by atoms with Crippen LogP contribution >= 0.6 is 0 Å². The Morgan fingerprint density at radius 3 is 2.73 bits per heavy atom. The first-order chi connectivity index (χ1) is 10.8. The number of epoxide rings is 1. The number of rotatable bonds is 7. The van der Waals surface area contributed by atoms with Crippen molar-refractivity contribution >= 4 is 0 Å². The van der Waals surface area contributed by atoms with Crippen LogP contribution in [0.15, 0.2) is 36.1 Å². The number of hydrogen-bond acceptors (Lipinski definition) is 3. The Morgan fingerprint density at radius 1 is 1.27 bits per heavy atom. The lowest BCUT2D eigenvalue weighted by Crippen LogP contribution is -2.25. The van der Waals surface area contributed by atoms with Crippen molar-refractivity contribution in [1.82, 2.24) is 0 Å². The molecule has 120 valence electrons. The molecular weight excluding hydrogens is 276 g/mol. The lowest BCUT2D eigenvalue weighted by molar-refractivity contribution is 0.245. The van der Waals surface area contributed by atoms with Gasteiger partial charge in [-0.05, 0) is 62.4 Å². The summed E-state index contributed by atoms with van der Waals surface area (Å²) in [5.41, 5.74) is -0.133. The SMILES string of the molecule is CCCC/C=C(\Oc1ccc(OC)cc1)[C@]12CCCC[C@H]1O2. The van der Waals surface area contributed by atoms with Crippen molar-refractivity contribution in [2.24, 2.45) is 0 Å². The summed E-state index contributed by atoms with van der Waals surface area (Å²) in [4.78, 5) is 0.